The van der Waals surface area contributed by atoms with Crippen molar-refractivity contribution in [3.8, 4) is 34.2 Å². The van der Waals surface area contributed by atoms with Crippen molar-refractivity contribution in [1.82, 2.24) is 24.3 Å². The number of aromatic hydroxyl groups is 1. The third-order valence-electron chi connectivity index (χ3n) is 5.91. The monoisotopic (exact) mass is 460 g/mol. The van der Waals surface area contributed by atoms with Crippen LogP contribution in [0.15, 0.2) is 60.9 Å². The van der Waals surface area contributed by atoms with Crippen molar-refractivity contribution in [3.63, 3.8) is 0 Å². The second-order valence-corrected chi connectivity index (χ2v) is 10.2. The maximum absolute atomic E-state index is 11.9. The fourth-order valence-corrected chi connectivity index (χ4v) is 5.11. The van der Waals surface area contributed by atoms with Gasteiger partial charge < -0.3 is 5.11 Å². The maximum Gasteiger partial charge on any atom is 0.211 e. The Morgan fingerprint density at radius 1 is 1.15 bits per heavy atom. The first kappa shape index (κ1) is 21.1. The first-order valence-corrected chi connectivity index (χ1v) is 12.1. The number of aromatic nitrogens is 4. The first-order valence-electron chi connectivity index (χ1n) is 10.2. The minimum absolute atomic E-state index is 0.0960. The zero-order chi connectivity index (χ0) is 23.2. The number of nitriles is 1. The van der Waals surface area contributed by atoms with Crippen LogP contribution in [0.5, 0.6) is 5.75 Å². The molecule has 1 saturated heterocycles. The summed E-state index contributed by atoms with van der Waals surface area (Å²) in [5, 5.41) is 29.2. The van der Waals surface area contributed by atoms with Gasteiger partial charge in [-0.3, -0.25) is 4.98 Å². The molecular weight excluding hydrogens is 440 g/mol. The quantitative estimate of drug-likeness (QED) is 0.485. The number of sulfonamides is 1. The van der Waals surface area contributed by atoms with Gasteiger partial charge in [0, 0.05) is 30.2 Å². The van der Waals surface area contributed by atoms with E-state index in [9.17, 15) is 18.8 Å². The van der Waals surface area contributed by atoms with E-state index in [4.69, 9.17) is 0 Å². The summed E-state index contributed by atoms with van der Waals surface area (Å²) in [5.41, 5.74) is 3.05. The highest BCUT2D eigenvalue weighted by Crippen LogP contribution is 2.36. The standard InChI is InChI=1S/C23H20N6O3S/c1-33(31,32)28-14-23(15-28,7-8-24)29-26-13-22(27-29)20-11-17(16-4-2-5-18(30)10-16)12-21-19(20)6-3-9-25-21/h2-6,9-13,30H,7,14-15H2,1H3. The molecule has 0 aliphatic carbocycles. The Labute approximate surface area is 190 Å². The summed E-state index contributed by atoms with van der Waals surface area (Å²) in [6.45, 7) is 0.304. The number of pyridine rings is 1. The van der Waals surface area contributed by atoms with Crippen molar-refractivity contribution >= 4 is 20.9 Å². The molecule has 0 radical (unpaired) electrons. The molecule has 1 aliphatic rings. The molecule has 0 spiro atoms. The highest BCUT2D eigenvalue weighted by Gasteiger charge is 2.50. The zero-order valence-corrected chi connectivity index (χ0v) is 18.6. The van der Waals surface area contributed by atoms with Gasteiger partial charge in [0.05, 0.1) is 30.5 Å². The molecule has 9 nitrogen and oxygen atoms in total. The van der Waals surface area contributed by atoms with E-state index in [2.05, 4.69) is 21.3 Å². The van der Waals surface area contributed by atoms with Crippen LogP contribution < -0.4 is 0 Å². The van der Waals surface area contributed by atoms with E-state index in [0.717, 1.165) is 33.8 Å². The first-order chi connectivity index (χ1) is 15.8. The highest BCUT2D eigenvalue weighted by atomic mass is 32.2. The van der Waals surface area contributed by atoms with Gasteiger partial charge in [-0.25, -0.2) is 8.42 Å². The van der Waals surface area contributed by atoms with Crippen molar-refractivity contribution in [2.24, 2.45) is 0 Å². The Morgan fingerprint density at radius 3 is 2.70 bits per heavy atom. The topological polar surface area (TPSA) is 125 Å². The van der Waals surface area contributed by atoms with Crippen molar-refractivity contribution in [2.45, 2.75) is 12.0 Å². The van der Waals surface area contributed by atoms with Gasteiger partial charge in [0.15, 0.2) is 0 Å². The third-order valence-corrected chi connectivity index (χ3v) is 7.11. The van der Waals surface area contributed by atoms with Crippen LogP contribution in [-0.2, 0) is 15.6 Å². The van der Waals surface area contributed by atoms with Crippen LogP contribution in [-0.4, -0.2) is 57.2 Å². The molecule has 2 aromatic heterocycles. The number of hydrogen-bond acceptors (Lipinski definition) is 7. The van der Waals surface area contributed by atoms with Crippen LogP contribution in [0, 0.1) is 11.3 Å². The fourth-order valence-electron chi connectivity index (χ4n) is 4.16. The van der Waals surface area contributed by atoms with Gasteiger partial charge in [-0.05, 0) is 41.5 Å². The fraction of sp³-hybridized carbons (Fsp3) is 0.217. The van der Waals surface area contributed by atoms with Crippen molar-refractivity contribution in [1.29, 1.82) is 5.26 Å². The van der Waals surface area contributed by atoms with E-state index in [0.29, 0.717) is 5.69 Å². The smallest absolute Gasteiger partial charge is 0.211 e. The normalized spacial score (nSPS) is 15.8. The summed E-state index contributed by atoms with van der Waals surface area (Å²) in [6.07, 6.45) is 4.58. The van der Waals surface area contributed by atoms with Crippen molar-refractivity contribution in [2.75, 3.05) is 19.3 Å². The average molecular weight is 461 g/mol. The maximum atomic E-state index is 11.9. The number of rotatable bonds is 5. The van der Waals surface area contributed by atoms with E-state index in [-0.39, 0.29) is 25.3 Å². The van der Waals surface area contributed by atoms with Crippen LogP contribution >= 0.6 is 0 Å². The molecule has 3 heterocycles. The summed E-state index contributed by atoms with van der Waals surface area (Å²) < 4.78 is 25.1. The molecule has 1 fully saturated rings. The summed E-state index contributed by atoms with van der Waals surface area (Å²) in [4.78, 5) is 5.96. The van der Waals surface area contributed by atoms with Crippen LogP contribution in [0.25, 0.3) is 33.3 Å². The molecule has 0 amide bonds. The SMILES string of the molecule is CS(=O)(=O)N1CC(CC#N)(n2ncc(-c3cc(-c4cccc(O)c4)cc4ncccc34)n2)C1. The van der Waals surface area contributed by atoms with E-state index in [1.165, 1.54) is 9.10 Å². The number of fused-ring (bicyclic) bond motifs is 1. The molecule has 1 N–H and O–H groups in total. The van der Waals surface area contributed by atoms with Crippen molar-refractivity contribution < 1.29 is 13.5 Å². The van der Waals surface area contributed by atoms with Crippen LogP contribution in [0.2, 0.25) is 0 Å². The molecule has 1 aliphatic heterocycles. The molecular formula is C23H20N6O3S. The van der Waals surface area contributed by atoms with Crippen molar-refractivity contribution in [3.05, 3.63) is 60.9 Å². The molecule has 0 saturated carbocycles. The minimum Gasteiger partial charge on any atom is -0.508 e. The van der Waals surface area contributed by atoms with Crippen LogP contribution in [0.3, 0.4) is 0 Å². The number of benzene rings is 2. The lowest BCUT2D eigenvalue weighted by atomic mass is 9.90. The molecule has 5 rings (SSSR count). The van der Waals surface area contributed by atoms with Crippen LogP contribution in [0.4, 0.5) is 0 Å². The Kier molecular flexibility index (Phi) is 4.88. The Hall–Kier alpha value is -3.81. The van der Waals surface area contributed by atoms with Gasteiger partial charge in [0.25, 0.3) is 0 Å². The largest absolute Gasteiger partial charge is 0.508 e. The molecule has 0 unspecified atom stereocenters. The summed E-state index contributed by atoms with van der Waals surface area (Å²) in [7, 11) is -3.35. The average Bonchev–Trinajstić information content (AvgIpc) is 3.24. The minimum atomic E-state index is -3.35. The van der Waals surface area contributed by atoms with Gasteiger partial charge >= 0.3 is 0 Å². The predicted octanol–water partition coefficient (Wildman–Crippen LogP) is 2.75. The third kappa shape index (κ3) is 3.71. The second-order valence-electron chi connectivity index (χ2n) is 8.25. The summed E-state index contributed by atoms with van der Waals surface area (Å²) >= 11 is 0. The highest BCUT2D eigenvalue weighted by molar-refractivity contribution is 7.88. The second kappa shape index (κ2) is 7.65. The predicted molar refractivity (Wildman–Crippen MR) is 122 cm³/mol. The molecule has 10 heteroatoms. The van der Waals surface area contributed by atoms with Gasteiger partial charge in [-0.1, -0.05) is 18.2 Å². The van der Waals surface area contributed by atoms with E-state index >= 15 is 0 Å². The Balaban J connectivity index is 1.60. The summed E-state index contributed by atoms with van der Waals surface area (Å²) in [6, 6.07) is 16.8. The summed E-state index contributed by atoms with van der Waals surface area (Å²) in [5.74, 6) is 0.167. The lowest BCUT2D eigenvalue weighted by Gasteiger charge is -2.46. The van der Waals surface area contributed by atoms with E-state index < -0.39 is 15.6 Å². The van der Waals surface area contributed by atoms with Gasteiger partial charge in [0.1, 0.15) is 17.0 Å². The molecule has 0 bridgehead atoms. The van der Waals surface area contributed by atoms with E-state index in [1.54, 1.807) is 30.6 Å². The molecule has 2 aromatic carbocycles. The number of hydrogen-bond donors (Lipinski definition) is 1. The van der Waals surface area contributed by atoms with Gasteiger partial charge in [-0.15, -0.1) is 0 Å². The lowest BCUT2D eigenvalue weighted by Crippen LogP contribution is -2.64. The van der Waals surface area contributed by atoms with Gasteiger partial charge in [0.2, 0.25) is 10.0 Å². The van der Waals surface area contributed by atoms with Crippen LogP contribution in [0.1, 0.15) is 6.42 Å². The Morgan fingerprint density at radius 2 is 1.97 bits per heavy atom. The zero-order valence-electron chi connectivity index (χ0n) is 17.8. The molecule has 166 valence electrons. The Bertz CT molecular complexity index is 1520. The lowest BCUT2D eigenvalue weighted by molar-refractivity contribution is 0.0579. The van der Waals surface area contributed by atoms with E-state index in [1.807, 2.05) is 30.3 Å². The number of phenols is 1. The molecule has 4 aromatic rings. The number of nitrogens with zero attached hydrogens (tertiary/aromatic N) is 6. The molecule has 33 heavy (non-hydrogen) atoms. The number of phenolic OH excluding ortho intramolecular Hbond substituents is 1. The van der Waals surface area contributed by atoms with Gasteiger partial charge in [-0.2, -0.15) is 24.6 Å². The molecule has 0 atom stereocenters.